The minimum absolute atomic E-state index is 0.214. The van der Waals surface area contributed by atoms with Gasteiger partial charge >= 0.3 is 0 Å². The van der Waals surface area contributed by atoms with E-state index in [1.54, 1.807) is 0 Å². The zero-order chi connectivity index (χ0) is 25.0. The maximum atomic E-state index is 4.81. The van der Waals surface area contributed by atoms with Crippen molar-refractivity contribution in [2.45, 2.75) is 37.3 Å². The Kier molecular flexibility index (Phi) is 5.91. The highest BCUT2D eigenvalue weighted by Crippen LogP contribution is 2.69. The van der Waals surface area contributed by atoms with Crippen LogP contribution in [0.2, 0.25) is 0 Å². The molecule has 6 heteroatoms. The number of benzene rings is 1. The summed E-state index contributed by atoms with van der Waals surface area (Å²) in [5.74, 6) is 5.12. The highest BCUT2D eigenvalue weighted by molar-refractivity contribution is 7.19. The standard InChI is InChI=1S/C31H34N4P2/c36-19-30(24-13-20-12-21(15-24)16-25(30)14-20)26-17-23(22-6-2-1-3-7-22)18-27(26)31(37,28-32-8-4-9-33-28)29-34-10-5-11-35-29/h1-11,17-18,20-21,24-26H,12-16,19,36-37H2. The first-order chi connectivity index (χ1) is 18.1. The second kappa shape index (κ2) is 9.18. The fourth-order valence-electron chi connectivity index (χ4n) is 8.58. The van der Waals surface area contributed by atoms with E-state index in [1.165, 1.54) is 48.8 Å². The highest BCUT2D eigenvalue weighted by atomic mass is 31.0. The van der Waals surface area contributed by atoms with Gasteiger partial charge in [-0.05, 0) is 96.2 Å². The molecule has 4 saturated carbocycles. The van der Waals surface area contributed by atoms with E-state index in [4.69, 9.17) is 19.9 Å². The quantitative estimate of drug-likeness (QED) is 0.353. The zero-order valence-electron chi connectivity index (χ0n) is 21.1. The molecular weight excluding hydrogens is 490 g/mol. The summed E-state index contributed by atoms with van der Waals surface area (Å²) in [5, 5.41) is -0.707. The molecule has 2 aromatic heterocycles. The third-order valence-electron chi connectivity index (χ3n) is 9.98. The molecule has 3 aromatic rings. The topological polar surface area (TPSA) is 51.6 Å². The van der Waals surface area contributed by atoms with Crippen molar-refractivity contribution in [3.8, 4) is 0 Å². The Morgan fingerprint density at radius 3 is 1.81 bits per heavy atom. The SMILES string of the molecule is PCC1(C2C=C(c3ccccc3)C=C2C(P)(c2ncccn2)c2ncccn2)C2CC3CC(C2)CC1C3. The van der Waals surface area contributed by atoms with Crippen LogP contribution >= 0.6 is 18.5 Å². The van der Waals surface area contributed by atoms with Crippen LogP contribution in [0.4, 0.5) is 0 Å². The monoisotopic (exact) mass is 524 g/mol. The summed E-state index contributed by atoms with van der Waals surface area (Å²) in [7, 11) is 6.33. The molecule has 37 heavy (non-hydrogen) atoms. The van der Waals surface area contributed by atoms with Gasteiger partial charge in [-0.1, -0.05) is 42.5 Å². The summed E-state index contributed by atoms with van der Waals surface area (Å²) in [6.07, 6.45) is 20.5. The molecule has 4 bridgehead atoms. The first-order valence-electron chi connectivity index (χ1n) is 13.7. The molecule has 1 aromatic carbocycles. The van der Waals surface area contributed by atoms with Crippen molar-refractivity contribution >= 4 is 24.1 Å². The predicted octanol–water partition coefficient (Wildman–Crippen LogP) is 6.34. The molecule has 0 saturated heterocycles. The molecule has 5 aliphatic rings. The molecule has 4 fully saturated rings. The Labute approximate surface area is 224 Å². The van der Waals surface area contributed by atoms with Gasteiger partial charge in [-0.25, -0.2) is 19.9 Å². The van der Waals surface area contributed by atoms with Gasteiger partial charge in [-0.15, -0.1) is 18.5 Å². The largest absolute Gasteiger partial charge is 0.240 e. The van der Waals surface area contributed by atoms with Crippen LogP contribution in [0.15, 0.2) is 85.0 Å². The first-order valence-corrected chi connectivity index (χ1v) is 15.1. The van der Waals surface area contributed by atoms with Crippen LogP contribution in [-0.2, 0) is 5.16 Å². The van der Waals surface area contributed by atoms with E-state index < -0.39 is 5.16 Å². The Morgan fingerprint density at radius 2 is 1.30 bits per heavy atom. The van der Waals surface area contributed by atoms with E-state index in [-0.39, 0.29) is 11.3 Å². The van der Waals surface area contributed by atoms with Gasteiger partial charge in [0.05, 0.1) is 0 Å². The minimum atomic E-state index is -0.707. The van der Waals surface area contributed by atoms with E-state index >= 15 is 0 Å². The van der Waals surface area contributed by atoms with E-state index in [9.17, 15) is 0 Å². The van der Waals surface area contributed by atoms with Crippen LogP contribution in [0, 0.1) is 35.0 Å². The van der Waals surface area contributed by atoms with Crippen molar-refractivity contribution in [2.75, 3.05) is 6.16 Å². The third-order valence-corrected chi connectivity index (χ3v) is 11.5. The lowest BCUT2D eigenvalue weighted by molar-refractivity contribution is -0.111. The maximum Gasteiger partial charge on any atom is 0.149 e. The lowest BCUT2D eigenvalue weighted by Crippen LogP contribution is -2.57. The molecule has 188 valence electrons. The molecule has 0 spiro atoms. The summed E-state index contributed by atoms with van der Waals surface area (Å²) < 4.78 is 0. The normalized spacial score (nSPS) is 32.3. The smallest absolute Gasteiger partial charge is 0.149 e. The third kappa shape index (κ3) is 3.63. The van der Waals surface area contributed by atoms with Gasteiger partial charge in [0.2, 0.25) is 0 Å². The molecular formula is C31H34N4P2. The van der Waals surface area contributed by atoms with Crippen LogP contribution in [0.3, 0.4) is 0 Å². The van der Waals surface area contributed by atoms with Gasteiger partial charge in [0.15, 0.2) is 0 Å². The molecule has 5 aliphatic carbocycles. The fraction of sp³-hybridized carbons (Fsp3) is 0.419. The van der Waals surface area contributed by atoms with Crippen LogP contribution in [0.25, 0.3) is 5.57 Å². The van der Waals surface area contributed by atoms with Crippen molar-refractivity contribution in [3.05, 3.63) is 102 Å². The number of hydrogen-bond acceptors (Lipinski definition) is 4. The van der Waals surface area contributed by atoms with Crippen molar-refractivity contribution in [1.82, 2.24) is 19.9 Å². The van der Waals surface area contributed by atoms with Gasteiger partial charge in [-0.2, -0.15) is 0 Å². The van der Waals surface area contributed by atoms with Crippen molar-refractivity contribution < 1.29 is 0 Å². The molecule has 2 heterocycles. The van der Waals surface area contributed by atoms with Gasteiger partial charge in [0.25, 0.3) is 0 Å². The van der Waals surface area contributed by atoms with Crippen LogP contribution < -0.4 is 0 Å². The number of aromatic nitrogens is 4. The molecule has 0 radical (unpaired) electrons. The van der Waals surface area contributed by atoms with Gasteiger partial charge in [0, 0.05) is 30.7 Å². The average molecular weight is 525 g/mol. The van der Waals surface area contributed by atoms with Crippen LogP contribution in [-0.4, -0.2) is 26.1 Å². The van der Waals surface area contributed by atoms with E-state index in [1.807, 2.05) is 36.9 Å². The Hall–Kier alpha value is -2.28. The van der Waals surface area contributed by atoms with Gasteiger partial charge in [-0.3, -0.25) is 0 Å². The maximum absolute atomic E-state index is 4.81. The average Bonchev–Trinajstić information content (AvgIpc) is 3.41. The summed E-state index contributed by atoms with van der Waals surface area (Å²) in [6, 6.07) is 14.6. The Bertz CT molecular complexity index is 1270. The molecule has 0 aliphatic heterocycles. The first kappa shape index (κ1) is 23.8. The van der Waals surface area contributed by atoms with E-state index in [2.05, 4.69) is 61.0 Å². The number of hydrogen-bond donors (Lipinski definition) is 0. The van der Waals surface area contributed by atoms with Crippen molar-refractivity contribution in [1.29, 1.82) is 0 Å². The van der Waals surface area contributed by atoms with Crippen LogP contribution in [0.1, 0.15) is 49.3 Å². The van der Waals surface area contributed by atoms with Crippen LogP contribution in [0.5, 0.6) is 0 Å². The lowest BCUT2D eigenvalue weighted by Gasteiger charge is -2.64. The summed E-state index contributed by atoms with van der Waals surface area (Å²) in [5.41, 5.74) is 4.10. The number of nitrogens with zero attached hydrogens (tertiary/aromatic N) is 4. The van der Waals surface area contributed by atoms with Gasteiger partial charge in [0.1, 0.15) is 16.8 Å². The van der Waals surface area contributed by atoms with Crippen molar-refractivity contribution in [2.24, 2.45) is 35.0 Å². The molecule has 3 atom stereocenters. The molecule has 8 rings (SSSR count). The zero-order valence-corrected chi connectivity index (χ0v) is 23.4. The summed E-state index contributed by atoms with van der Waals surface area (Å²) in [6.45, 7) is 0. The van der Waals surface area contributed by atoms with Crippen molar-refractivity contribution in [3.63, 3.8) is 0 Å². The molecule has 3 unspecified atom stereocenters. The molecule has 0 amide bonds. The summed E-state index contributed by atoms with van der Waals surface area (Å²) in [4.78, 5) is 19.2. The summed E-state index contributed by atoms with van der Waals surface area (Å²) >= 11 is 0. The fourth-order valence-corrected chi connectivity index (χ4v) is 10.1. The minimum Gasteiger partial charge on any atom is -0.240 e. The van der Waals surface area contributed by atoms with Gasteiger partial charge < -0.3 is 0 Å². The molecule has 0 N–H and O–H groups in total. The second-order valence-corrected chi connectivity index (χ2v) is 12.9. The predicted molar refractivity (Wildman–Crippen MR) is 155 cm³/mol. The number of rotatable bonds is 6. The Balaban J connectivity index is 1.45. The lowest BCUT2D eigenvalue weighted by atomic mass is 9.42. The highest BCUT2D eigenvalue weighted by Gasteiger charge is 2.61. The second-order valence-electron chi connectivity index (χ2n) is 11.6. The Morgan fingerprint density at radius 1 is 0.757 bits per heavy atom. The molecule has 4 nitrogen and oxygen atoms in total. The van der Waals surface area contributed by atoms with E-state index in [0.717, 1.165) is 41.5 Å². The van der Waals surface area contributed by atoms with E-state index in [0.29, 0.717) is 0 Å². The number of allylic oxidation sites excluding steroid dienone is 4.